The van der Waals surface area contributed by atoms with Crippen LogP contribution in [-0.4, -0.2) is 176 Å². The van der Waals surface area contributed by atoms with Crippen molar-refractivity contribution in [2.45, 2.75) is 207 Å². The third kappa shape index (κ3) is 21.1. The molecular weight excluding hydrogens is 1050 g/mol. The Hall–Kier alpha value is -5.83. The number of piperidine rings is 1. The molecule has 7 atom stereocenters. The molecule has 0 aromatic heterocycles. The number of likely N-dealkylation sites (N-methyl/N-ethyl adjacent to an activating group) is 2. The minimum atomic E-state index is -0.981. The summed E-state index contributed by atoms with van der Waals surface area (Å²) in [6, 6.07) is 4.37. The van der Waals surface area contributed by atoms with Crippen molar-refractivity contribution in [1.29, 1.82) is 0 Å². The van der Waals surface area contributed by atoms with Crippen molar-refractivity contribution in [3.8, 4) is 0 Å². The van der Waals surface area contributed by atoms with Gasteiger partial charge in [-0.15, -0.1) is 0 Å². The molecule has 2 saturated heterocycles. The average Bonchev–Trinajstić information content (AvgIpc) is 4.02. The Morgan fingerprint density at radius 3 is 1.89 bits per heavy atom. The Balaban J connectivity index is 1.17. The van der Waals surface area contributed by atoms with E-state index in [1.54, 1.807) is 83.0 Å². The predicted molar refractivity (Wildman–Crippen MR) is 314 cm³/mol. The standard InChI is InChI=1S/C61H101N9O12/c1-13-42(8)56(48(80-11)35-52(74)70-32-20-23-47(70)57(81-12)41(6)7)67(9)53(75)37-63-60(78)55(40(4)5)68(10)61(79)82-38-43-26-28-46(29-27-43)64-50(72)36-62-59(77)54(39(2)3)66-49(71)24-19-25-51(73)69-33-30-44(31-34-69)58(76)65-45-21-17-15-14-16-18-22-45/h26-29,39-42,44-45,47-48,54-57H,13-25,30-38H2,1-12H3,(H,62,77)(H,63,78)(H,64,72)(H,65,76)(H,66,71). The van der Waals surface area contributed by atoms with Crippen LogP contribution in [0.3, 0.4) is 0 Å². The fourth-order valence-corrected chi connectivity index (χ4v) is 11.9. The summed E-state index contributed by atoms with van der Waals surface area (Å²) in [5.74, 6) is -2.92. The molecule has 9 amide bonds. The molecule has 1 saturated carbocycles. The van der Waals surface area contributed by atoms with Crippen LogP contribution in [0.4, 0.5) is 10.5 Å². The van der Waals surface area contributed by atoms with E-state index in [0.29, 0.717) is 56.6 Å². The Bertz CT molecular complexity index is 2230. The molecule has 3 fully saturated rings. The van der Waals surface area contributed by atoms with E-state index in [-0.39, 0.29) is 116 Å². The zero-order valence-corrected chi connectivity index (χ0v) is 51.5. The number of benzene rings is 1. The van der Waals surface area contributed by atoms with Crippen LogP contribution in [0.5, 0.6) is 0 Å². The van der Waals surface area contributed by atoms with Crippen molar-refractivity contribution in [1.82, 2.24) is 40.9 Å². The minimum absolute atomic E-state index is 0.0393. The highest BCUT2D eigenvalue weighted by Crippen LogP contribution is 2.29. The van der Waals surface area contributed by atoms with Crippen molar-refractivity contribution in [2.75, 3.05) is 66.4 Å². The van der Waals surface area contributed by atoms with Crippen molar-refractivity contribution < 1.29 is 57.4 Å². The summed E-state index contributed by atoms with van der Waals surface area (Å²) in [6.45, 7) is 16.1. The maximum atomic E-state index is 13.9. The number of amides is 9. The molecule has 1 aliphatic carbocycles. The predicted octanol–water partition coefficient (Wildman–Crippen LogP) is 6.17. The number of methoxy groups -OCH3 is 2. The van der Waals surface area contributed by atoms with Gasteiger partial charge in [0.05, 0.1) is 43.8 Å². The average molecular weight is 1150 g/mol. The number of ether oxygens (including phenoxy) is 3. The van der Waals surface area contributed by atoms with Crippen LogP contribution >= 0.6 is 0 Å². The van der Waals surface area contributed by atoms with Gasteiger partial charge < -0.3 is 55.5 Å². The third-order valence-corrected chi connectivity index (χ3v) is 16.8. The molecule has 5 N–H and O–H groups in total. The monoisotopic (exact) mass is 1150 g/mol. The van der Waals surface area contributed by atoms with Gasteiger partial charge in [-0.1, -0.05) is 106 Å². The lowest BCUT2D eigenvalue weighted by Gasteiger charge is -2.39. The molecule has 82 heavy (non-hydrogen) atoms. The van der Waals surface area contributed by atoms with E-state index in [2.05, 4.69) is 40.4 Å². The lowest BCUT2D eigenvalue weighted by atomic mass is 9.90. The normalized spacial score (nSPS) is 18.5. The second kappa shape index (κ2) is 34.7. The number of anilines is 1. The Labute approximate surface area is 488 Å². The second-order valence-corrected chi connectivity index (χ2v) is 24.0. The topological polar surface area (TPSA) is 254 Å². The second-order valence-electron chi connectivity index (χ2n) is 24.0. The largest absolute Gasteiger partial charge is 0.445 e. The lowest BCUT2D eigenvalue weighted by molar-refractivity contribution is -0.144. The summed E-state index contributed by atoms with van der Waals surface area (Å²) in [7, 11) is 6.33. The first-order valence-corrected chi connectivity index (χ1v) is 30.3. The summed E-state index contributed by atoms with van der Waals surface area (Å²) in [6.07, 6.45) is 10.9. The van der Waals surface area contributed by atoms with E-state index < -0.39 is 48.0 Å². The molecule has 0 bridgehead atoms. The van der Waals surface area contributed by atoms with Gasteiger partial charge in [0.2, 0.25) is 47.3 Å². The van der Waals surface area contributed by atoms with E-state index in [1.165, 1.54) is 31.2 Å². The van der Waals surface area contributed by atoms with Crippen molar-refractivity contribution in [3.05, 3.63) is 29.8 Å². The maximum Gasteiger partial charge on any atom is 0.410 e. The van der Waals surface area contributed by atoms with Crippen molar-refractivity contribution in [2.24, 2.45) is 29.6 Å². The summed E-state index contributed by atoms with van der Waals surface area (Å²) in [5.41, 5.74) is 1.01. The number of carbonyl (C=O) groups is 9. The van der Waals surface area contributed by atoms with Gasteiger partial charge in [0.25, 0.3) is 0 Å². The van der Waals surface area contributed by atoms with Gasteiger partial charge in [-0.3, -0.25) is 43.3 Å². The van der Waals surface area contributed by atoms with Gasteiger partial charge in [0.15, 0.2) is 0 Å². The zero-order valence-electron chi connectivity index (χ0n) is 51.5. The summed E-state index contributed by atoms with van der Waals surface area (Å²) < 4.78 is 17.3. The van der Waals surface area contributed by atoms with E-state index in [0.717, 1.165) is 38.5 Å². The number of rotatable bonds is 29. The van der Waals surface area contributed by atoms with Gasteiger partial charge in [-0.25, -0.2) is 4.79 Å². The highest BCUT2D eigenvalue weighted by molar-refractivity contribution is 5.96. The molecule has 0 spiro atoms. The molecule has 3 aliphatic rings. The quantitative estimate of drug-likeness (QED) is 0.0604. The molecule has 462 valence electrons. The number of nitrogens with one attached hydrogen (secondary N) is 5. The summed E-state index contributed by atoms with van der Waals surface area (Å²) in [4.78, 5) is 126. The van der Waals surface area contributed by atoms with Crippen LogP contribution < -0.4 is 26.6 Å². The molecule has 2 aliphatic heterocycles. The maximum absolute atomic E-state index is 13.9. The molecular formula is C61H101N9O12. The highest BCUT2D eigenvalue weighted by atomic mass is 16.6. The number of likely N-dealkylation sites (tertiary alicyclic amines) is 2. The van der Waals surface area contributed by atoms with Crippen LogP contribution in [0.15, 0.2) is 24.3 Å². The summed E-state index contributed by atoms with van der Waals surface area (Å²) in [5, 5.41) is 14.1. The first kappa shape index (κ1) is 68.7. The molecule has 7 unspecified atom stereocenters. The molecule has 2 heterocycles. The minimum Gasteiger partial charge on any atom is -0.445 e. The van der Waals surface area contributed by atoms with Gasteiger partial charge >= 0.3 is 6.09 Å². The van der Waals surface area contributed by atoms with Gasteiger partial charge in [0.1, 0.15) is 18.7 Å². The van der Waals surface area contributed by atoms with Gasteiger partial charge in [0, 0.05) is 78.4 Å². The molecule has 21 heteroatoms. The van der Waals surface area contributed by atoms with Crippen LogP contribution in [0, 0.1) is 29.6 Å². The van der Waals surface area contributed by atoms with Gasteiger partial charge in [-0.2, -0.15) is 0 Å². The first-order chi connectivity index (χ1) is 39.0. The van der Waals surface area contributed by atoms with E-state index in [9.17, 15) is 43.2 Å². The number of nitrogens with zero attached hydrogens (tertiary/aromatic N) is 4. The van der Waals surface area contributed by atoms with Gasteiger partial charge in [-0.05, 0) is 86.3 Å². The van der Waals surface area contributed by atoms with Crippen LogP contribution in [0.2, 0.25) is 0 Å². The number of hydrogen-bond acceptors (Lipinski definition) is 12. The number of hydrogen-bond donors (Lipinski definition) is 5. The summed E-state index contributed by atoms with van der Waals surface area (Å²) >= 11 is 0. The Morgan fingerprint density at radius 2 is 1.30 bits per heavy atom. The Kier molecular flexibility index (Phi) is 29.1. The third-order valence-electron chi connectivity index (χ3n) is 16.8. The lowest BCUT2D eigenvalue weighted by Crippen LogP contribution is -2.55. The van der Waals surface area contributed by atoms with Crippen LogP contribution in [0.25, 0.3) is 0 Å². The Morgan fingerprint density at radius 1 is 0.671 bits per heavy atom. The van der Waals surface area contributed by atoms with Crippen molar-refractivity contribution >= 4 is 59.0 Å². The van der Waals surface area contributed by atoms with E-state index >= 15 is 0 Å². The smallest absolute Gasteiger partial charge is 0.410 e. The SMILES string of the molecule is CCC(C)C(C(CC(=O)N1CCCC1C(OC)C(C)C)OC)N(C)C(=O)CNC(=O)C(C(C)C)N(C)C(=O)OCc1ccc(NC(=O)CNC(=O)C(NC(=O)CCCC(=O)N2CCC(C(=O)NC3CCCCCCC3)CC2)C(C)C)cc1. The first-order valence-electron chi connectivity index (χ1n) is 30.3. The molecule has 21 nitrogen and oxygen atoms in total. The molecule has 0 radical (unpaired) electrons. The molecule has 4 rings (SSSR count). The van der Waals surface area contributed by atoms with Crippen LogP contribution in [-0.2, 0) is 59.2 Å². The van der Waals surface area contributed by atoms with Crippen molar-refractivity contribution in [3.63, 3.8) is 0 Å². The molecule has 1 aromatic rings. The van der Waals surface area contributed by atoms with Crippen LogP contribution in [0.1, 0.15) is 164 Å². The zero-order chi connectivity index (χ0) is 60.6. The molecule has 1 aromatic carbocycles. The fourth-order valence-electron chi connectivity index (χ4n) is 11.9. The highest BCUT2D eigenvalue weighted by Gasteiger charge is 2.41. The number of carbonyl (C=O) groups excluding carboxylic acids is 9. The fraction of sp³-hybridized carbons (Fsp3) is 0.754. The van der Waals surface area contributed by atoms with E-state index in [1.807, 2.05) is 18.7 Å². The van der Waals surface area contributed by atoms with E-state index in [4.69, 9.17) is 14.2 Å².